The van der Waals surface area contributed by atoms with Crippen LogP contribution in [0, 0.1) is 0 Å². The fourth-order valence-corrected chi connectivity index (χ4v) is 1.63. The summed E-state index contributed by atoms with van der Waals surface area (Å²) in [5.74, 6) is 0.0388. The number of amides is 1. The number of nitrogens with one attached hydrogen (secondary N) is 1. The van der Waals surface area contributed by atoms with E-state index < -0.39 is 16.4 Å². The molecule has 0 fully saturated rings. The molecule has 0 spiro atoms. The van der Waals surface area contributed by atoms with Crippen molar-refractivity contribution in [1.82, 2.24) is 4.72 Å². The Balaban J connectivity index is 2.53. The molecule has 0 saturated heterocycles. The normalized spacial score (nSPS) is 18.1. The van der Waals surface area contributed by atoms with Crippen molar-refractivity contribution in [2.24, 2.45) is 0 Å². The summed E-state index contributed by atoms with van der Waals surface area (Å²) < 4.78 is 32.7. The van der Waals surface area contributed by atoms with Crippen LogP contribution in [0.5, 0.6) is 11.5 Å². The SMILES string of the molecule is O=C1NS(=O)(=O)Oc2ccccc2O1. The highest BCUT2D eigenvalue weighted by atomic mass is 32.2. The summed E-state index contributed by atoms with van der Waals surface area (Å²) in [5.41, 5.74) is 0. The lowest BCUT2D eigenvalue weighted by molar-refractivity contribution is 0.207. The number of fused-ring (bicyclic) bond motifs is 1. The van der Waals surface area contributed by atoms with E-state index in [0.717, 1.165) is 0 Å². The van der Waals surface area contributed by atoms with Gasteiger partial charge < -0.3 is 8.92 Å². The summed E-state index contributed by atoms with van der Waals surface area (Å²) >= 11 is 0. The molecule has 1 N–H and O–H groups in total. The zero-order valence-corrected chi connectivity index (χ0v) is 7.58. The van der Waals surface area contributed by atoms with Gasteiger partial charge in [-0.2, -0.15) is 13.1 Å². The highest BCUT2D eigenvalue weighted by Gasteiger charge is 2.25. The fourth-order valence-electron chi connectivity index (χ4n) is 0.965. The van der Waals surface area contributed by atoms with Crippen molar-refractivity contribution in [1.29, 1.82) is 0 Å². The van der Waals surface area contributed by atoms with Crippen LogP contribution in [0.25, 0.3) is 0 Å². The molecule has 1 heterocycles. The number of hydrogen-bond donors (Lipinski definition) is 1. The van der Waals surface area contributed by atoms with E-state index >= 15 is 0 Å². The zero-order chi connectivity index (χ0) is 10.2. The second kappa shape index (κ2) is 2.88. The topological polar surface area (TPSA) is 81.7 Å². The van der Waals surface area contributed by atoms with E-state index in [1.54, 1.807) is 16.9 Å². The van der Waals surface area contributed by atoms with Crippen LogP contribution < -0.4 is 13.6 Å². The monoisotopic (exact) mass is 215 g/mol. The van der Waals surface area contributed by atoms with Crippen LogP contribution in [0.1, 0.15) is 0 Å². The van der Waals surface area contributed by atoms with E-state index in [9.17, 15) is 13.2 Å². The second-order valence-corrected chi connectivity index (χ2v) is 3.75. The van der Waals surface area contributed by atoms with E-state index in [-0.39, 0.29) is 11.5 Å². The van der Waals surface area contributed by atoms with Crippen molar-refractivity contribution < 1.29 is 22.1 Å². The van der Waals surface area contributed by atoms with Gasteiger partial charge in [0.1, 0.15) is 0 Å². The lowest BCUT2D eigenvalue weighted by Crippen LogP contribution is -2.33. The van der Waals surface area contributed by atoms with Gasteiger partial charge in [-0.25, -0.2) is 4.79 Å². The highest BCUT2D eigenvalue weighted by molar-refractivity contribution is 7.85. The molecule has 0 bridgehead atoms. The smallest absolute Gasteiger partial charge is 0.406 e. The molecule has 14 heavy (non-hydrogen) atoms. The Hall–Kier alpha value is -1.76. The maximum atomic E-state index is 11.0. The predicted molar refractivity (Wildman–Crippen MR) is 45.1 cm³/mol. The Kier molecular flexibility index (Phi) is 1.81. The van der Waals surface area contributed by atoms with E-state index in [1.807, 2.05) is 0 Å². The first-order chi connectivity index (χ1) is 6.57. The molecule has 0 aromatic heterocycles. The van der Waals surface area contributed by atoms with Gasteiger partial charge in [-0.05, 0) is 12.1 Å². The summed E-state index contributed by atoms with van der Waals surface area (Å²) in [6.07, 6.45) is -1.09. The molecule has 0 radical (unpaired) electrons. The minimum absolute atomic E-state index is 0.0224. The number of hydrogen-bond acceptors (Lipinski definition) is 5. The summed E-state index contributed by atoms with van der Waals surface area (Å²) in [7, 11) is -4.11. The molecule has 0 atom stereocenters. The molecular formula is C7H5NO5S. The number of ether oxygens (including phenoxy) is 1. The van der Waals surface area contributed by atoms with Crippen LogP contribution >= 0.6 is 0 Å². The van der Waals surface area contributed by atoms with Crippen molar-refractivity contribution in [2.75, 3.05) is 0 Å². The number of carbonyl (C=O) groups excluding carboxylic acids is 1. The maximum absolute atomic E-state index is 11.0. The summed E-state index contributed by atoms with van der Waals surface area (Å²) in [6.45, 7) is 0. The molecule has 1 aromatic rings. The van der Waals surface area contributed by atoms with E-state index in [2.05, 4.69) is 8.92 Å². The second-order valence-electron chi connectivity index (χ2n) is 2.48. The first-order valence-electron chi connectivity index (χ1n) is 3.60. The molecule has 1 amide bonds. The van der Waals surface area contributed by atoms with Crippen LogP contribution in [0.15, 0.2) is 24.3 Å². The quantitative estimate of drug-likeness (QED) is 0.677. The number of carbonyl (C=O) groups is 1. The summed E-state index contributed by atoms with van der Waals surface area (Å²) in [5, 5.41) is 0. The third kappa shape index (κ3) is 1.62. The fraction of sp³-hybridized carbons (Fsp3) is 0. The van der Waals surface area contributed by atoms with E-state index in [1.165, 1.54) is 12.1 Å². The van der Waals surface area contributed by atoms with Crippen LogP contribution in [0.4, 0.5) is 4.79 Å². The zero-order valence-electron chi connectivity index (χ0n) is 6.76. The molecule has 1 aliphatic heterocycles. The molecule has 0 saturated carbocycles. The molecule has 0 unspecified atom stereocenters. The molecule has 1 aromatic carbocycles. The van der Waals surface area contributed by atoms with Crippen molar-refractivity contribution in [3.63, 3.8) is 0 Å². The molecule has 74 valence electrons. The van der Waals surface area contributed by atoms with Crippen molar-refractivity contribution in [2.45, 2.75) is 0 Å². The Bertz CT molecular complexity index is 481. The average molecular weight is 215 g/mol. The first-order valence-corrected chi connectivity index (χ1v) is 5.01. The molecule has 0 aliphatic carbocycles. The van der Waals surface area contributed by atoms with Crippen LogP contribution in [0.2, 0.25) is 0 Å². The van der Waals surface area contributed by atoms with Gasteiger partial charge >= 0.3 is 16.4 Å². The van der Waals surface area contributed by atoms with Crippen LogP contribution in [0.3, 0.4) is 0 Å². The minimum Gasteiger partial charge on any atom is -0.406 e. The van der Waals surface area contributed by atoms with Crippen molar-refractivity contribution in [3.05, 3.63) is 24.3 Å². The highest BCUT2D eigenvalue weighted by Crippen LogP contribution is 2.29. The van der Waals surface area contributed by atoms with Gasteiger partial charge in [0.25, 0.3) is 0 Å². The lowest BCUT2D eigenvalue weighted by Gasteiger charge is -2.01. The standard InChI is InChI=1S/C7H5NO5S/c9-7-8-14(10,11)13-6-4-2-1-3-5(6)12-7/h1-4H,(H,8,9). The van der Waals surface area contributed by atoms with Gasteiger partial charge in [-0.15, -0.1) is 0 Å². The first kappa shape index (κ1) is 8.82. The van der Waals surface area contributed by atoms with Crippen LogP contribution in [-0.2, 0) is 10.3 Å². The van der Waals surface area contributed by atoms with Crippen LogP contribution in [-0.4, -0.2) is 14.5 Å². The summed E-state index contributed by atoms with van der Waals surface area (Å²) in [6, 6.07) is 5.96. The van der Waals surface area contributed by atoms with Gasteiger partial charge in [0.05, 0.1) is 0 Å². The van der Waals surface area contributed by atoms with E-state index in [4.69, 9.17) is 0 Å². The largest absolute Gasteiger partial charge is 0.429 e. The number of para-hydroxylation sites is 2. The molecular weight excluding hydrogens is 210 g/mol. The molecule has 1 aliphatic rings. The van der Waals surface area contributed by atoms with Gasteiger partial charge in [0, 0.05) is 0 Å². The van der Waals surface area contributed by atoms with Crippen molar-refractivity contribution in [3.8, 4) is 11.5 Å². The van der Waals surface area contributed by atoms with Crippen molar-refractivity contribution >= 4 is 16.4 Å². The average Bonchev–Trinajstić information content (AvgIpc) is 2.16. The Morgan fingerprint density at radius 1 is 1.14 bits per heavy atom. The lowest BCUT2D eigenvalue weighted by atomic mass is 10.3. The molecule has 2 rings (SSSR count). The Labute approximate surface area is 79.7 Å². The minimum atomic E-state index is -4.11. The molecule has 6 nitrogen and oxygen atoms in total. The maximum Gasteiger partial charge on any atom is 0.429 e. The van der Waals surface area contributed by atoms with Gasteiger partial charge in [-0.3, -0.25) is 0 Å². The van der Waals surface area contributed by atoms with Gasteiger partial charge in [0.15, 0.2) is 11.5 Å². The Morgan fingerprint density at radius 3 is 2.50 bits per heavy atom. The van der Waals surface area contributed by atoms with E-state index in [0.29, 0.717) is 0 Å². The molecule has 7 heteroatoms. The summed E-state index contributed by atoms with van der Waals surface area (Å²) in [4.78, 5) is 10.9. The third-order valence-electron chi connectivity index (χ3n) is 1.46. The Morgan fingerprint density at radius 2 is 1.79 bits per heavy atom. The van der Waals surface area contributed by atoms with Gasteiger partial charge in [-0.1, -0.05) is 12.1 Å². The van der Waals surface area contributed by atoms with Gasteiger partial charge in [0.2, 0.25) is 0 Å². The predicted octanol–water partition coefficient (Wildman–Crippen LogP) is 0.412. The number of benzene rings is 1. The third-order valence-corrected chi connectivity index (χ3v) is 2.28. The number of rotatable bonds is 0.